The molecule has 16 aromatic rings. The minimum absolute atomic E-state index is 0.166. The molecule has 0 N–H and O–H groups in total. The van der Waals surface area contributed by atoms with Crippen LogP contribution in [0.1, 0.15) is 0 Å². The normalized spacial score (nSPS) is 12.4. The van der Waals surface area contributed by atoms with Crippen molar-refractivity contribution in [2.75, 3.05) is 9.80 Å². The van der Waals surface area contributed by atoms with E-state index in [1.165, 1.54) is 70.6 Å². The van der Waals surface area contributed by atoms with E-state index in [2.05, 4.69) is 331 Å². The van der Waals surface area contributed by atoms with E-state index in [0.29, 0.717) is 5.82 Å². The minimum atomic E-state index is -0.166. The Morgan fingerprint density at radius 3 is 1.09 bits per heavy atom. The second-order valence-corrected chi connectivity index (χ2v) is 23.6. The van der Waals surface area contributed by atoms with Gasteiger partial charge in [0.05, 0.1) is 11.2 Å². The van der Waals surface area contributed by atoms with E-state index in [9.17, 15) is 0 Å². The van der Waals surface area contributed by atoms with Gasteiger partial charge < -0.3 is 9.80 Å². The Labute approximate surface area is 516 Å². The summed E-state index contributed by atoms with van der Waals surface area (Å²) in [6, 6.07) is 118. The van der Waals surface area contributed by atoms with Crippen molar-refractivity contribution in [3.63, 3.8) is 0 Å². The number of aromatic nitrogens is 2. The van der Waals surface area contributed by atoms with Crippen LogP contribution < -0.4 is 26.2 Å². The maximum atomic E-state index is 5.85. The van der Waals surface area contributed by atoms with Gasteiger partial charge in [-0.15, -0.1) is 0 Å². The molecular weight excluding hydrogens is 1080 g/mol. The van der Waals surface area contributed by atoms with Crippen LogP contribution in [-0.4, -0.2) is 16.7 Å². The highest BCUT2D eigenvalue weighted by Gasteiger charge is 2.44. The third kappa shape index (κ3) is 8.46. The van der Waals surface area contributed by atoms with Crippen LogP contribution in [-0.2, 0) is 0 Å². The van der Waals surface area contributed by atoms with Gasteiger partial charge in [-0.2, -0.15) is 0 Å². The molecule has 0 fully saturated rings. The lowest BCUT2D eigenvalue weighted by Gasteiger charge is -2.44. The lowest BCUT2D eigenvalue weighted by molar-refractivity contribution is 1.22. The molecule has 0 amide bonds. The van der Waals surface area contributed by atoms with Gasteiger partial charge in [-0.05, 0) is 177 Å². The molecule has 0 atom stereocenters. The van der Waals surface area contributed by atoms with E-state index in [1.54, 1.807) is 0 Å². The molecule has 0 spiro atoms. The zero-order valence-electron chi connectivity index (χ0n) is 48.5. The predicted octanol–water partition coefficient (Wildman–Crippen LogP) is 20.3. The summed E-state index contributed by atoms with van der Waals surface area (Å²) in [6.45, 7) is -0.166. The van der Waals surface area contributed by atoms with Gasteiger partial charge in [0.15, 0.2) is 5.82 Å². The SMILES string of the molecule is c1ccc(-c2ccc(N3c4cc5c(ccc6ccccc65)cc4B4c5cc6ccc7ccccc7c6cc5N(c5ccc(-c6ccccc6)cc5)c5cc(-c6nc(-c7cc(-c8ccccc8)cc(-c8ccccc8)c7)nc7ccccc67)cc3c54)cc2)cc1. The number of hydrogen-bond acceptors (Lipinski definition) is 4. The van der Waals surface area contributed by atoms with Gasteiger partial charge in [-0.3, -0.25) is 0 Å². The molecule has 4 nitrogen and oxygen atoms in total. The Balaban J connectivity index is 0.957. The van der Waals surface area contributed by atoms with Gasteiger partial charge in [0.2, 0.25) is 0 Å². The van der Waals surface area contributed by atoms with E-state index >= 15 is 0 Å². The Bertz CT molecular complexity index is 5190. The first-order valence-electron chi connectivity index (χ1n) is 30.6. The average Bonchev–Trinajstić information content (AvgIpc) is 0.749. The van der Waals surface area contributed by atoms with Gasteiger partial charge in [0, 0.05) is 50.6 Å². The molecule has 18 rings (SSSR count). The van der Waals surface area contributed by atoms with Gasteiger partial charge in [0.25, 0.3) is 6.71 Å². The van der Waals surface area contributed by atoms with Crippen molar-refractivity contribution in [3.05, 3.63) is 322 Å². The molecule has 0 radical (unpaired) electrons. The zero-order chi connectivity index (χ0) is 58.5. The Morgan fingerprint density at radius 1 is 0.236 bits per heavy atom. The molecule has 3 heterocycles. The number of para-hydroxylation sites is 1. The number of benzene rings is 15. The van der Waals surface area contributed by atoms with Gasteiger partial charge in [0.1, 0.15) is 0 Å². The lowest BCUT2D eigenvalue weighted by atomic mass is 9.33. The van der Waals surface area contributed by atoms with Crippen LogP contribution in [0, 0.1) is 0 Å². The van der Waals surface area contributed by atoms with Crippen LogP contribution in [0.3, 0.4) is 0 Å². The molecule has 5 heteroatoms. The first-order valence-corrected chi connectivity index (χ1v) is 30.6. The highest BCUT2D eigenvalue weighted by atomic mass is 15.2. The summed E-state index contributed by atoms with van der Waals surface area (Å²) < 4.78 is 0. The molecular formula is C84H53BN4. The fourth-order valence-corrected chi connectivity index (χ4v) is 14.3. The Morgan fingerprint density at radius 2 is 0.618 bits per heavy atom. The van der Waals surface area contributed by atoms with E-state index in [0.717, 1.165) is 95.2 Å². The van der Waals surface area contributed by atoms with Crippen LogP contribution in [0.2, 0.25) is 0 Å². The van der Waals surface area contributed by atoms with Crippen LogP contribution in [0.15, 0.2) is 322 Å². The highest BCUT2D eigenvalue weighted by Crippen LogP contribution is 2.49. The van der Waals surface area contributed by atoms with Crippen LogP contribution in [0.5, 0.6) is 0 Å². The van der Waals surface area contributed by atoms with E-state index in [4.69, 9.17) is 9.97 Å². The topological polar surface area (TPSA) is 32.3 Å². The lowest BCUT2D eigenvalue weighted by Crippen LogP contribution is -2.61. The molecule has 2 aliphatic heterocycles. The molecule has 89 heavy (non-hydrogen) atoms. The summed E-state index contributed by atoms with van der Waals surface area (Å²) in [4.78, 5) is 16.4. The summed E-state index contributed by atoms with van der Waals surface area (Å²) in [6.07, 6.45) is 0. The van der Waals surface area contributed by atoms with Gasteiger partial charge >= 0.3 is 0 Å². The maximum absolute atomic E-state index is 5.85. The van der Waals surface area contributed by atoms with Crippen molar-refractivity contribution in [2.45, 2.75) is 0 Å². The van der Waals surface area contributed by atoms with Crippen LogP contribution >= 0.6 is 0 Å². The standard InChI is InChI=1S/C84H53BN4/c1-5-19-54(20-6-1)58-37-41-68(42-38-58)88-78-52-73-62(35-33-60-27-13-15-29-70(60)73)48-75(78)85-76-49-63-36-34-61-28-14-16-30-71(61)74(63)53-79(76)89(69-43-39-59(40-44-69)55-21-7-2-8-22-55)81-51-66(50-80(88)82(81)85)83-72-31-17-18-32-77(72)86-84(87-83)67-46-64(56-23-9-3-10-24-56)45-65(47-67)57-25-11-4-12-26-57/h1-53H. The van der Waals surface area contributed by atoms with Crippen molar-refractivity contribution >= 4 is 111 Å². The molecule has 412 valence electrons. The first kappa shape index (κ1) is 50.6. The van der Waals surface area contributed by atoms with E-state index in [1.807, 2.05) is 0 Å². The minimum Gasteiger partial charge on any atom is -0.311 e. The molecule has 15 aromatic carbocycles. The van der Waals surface area contributed by atoms with E-state index in [-0.39, 0.29) is 6.71 Å². The summed E-state index contributed by atoms with van der Waals surface area (Å²) in [5, 5.41) is 10.7. The fourth-order valence-electron chi connectivity index (χ4n) is 14.3. The predicted molar refractivity (Wildman–Crippen MR) is 376 cm³/mol. The monoisotopic (exact) mass is 1130 g/mol. The second-order valence-electron chi connectivity index (χ2n) is 23.6. The molecule has 0 unspecified atom stereocenters. The third-order valence-corrected chi connectivity index (χ3v) is 18.5. The molecule has 0 saturated heterocycles. The van der Waals surface area contributed by atoms with Crippen LogP contribution in [0.4, 0.5) is 34.1 Å². The molecule has 2 aliphatic rings. The number of nitrogens with zero attached hydrogens (tertiary/aromatic N) is 4. The molecule has 0 saturated carbocycles. The van der Waals surface area contributed by atoms with Crippen molar-refractivity contribution in [1.29, 1.82) is 0 Å². The average molecular weight is 1130 g/mol. The number of anilines is 6. The molecule has 0 bridgehead atoms. The van der Waals surface area contributed by atoms with Crippen molar-refractivity contribution in [2.24, 2.45) is 0 Å². The summed E-state index contributed by atoms with van der Waals surface area (Å²) in [5.41, 5.74) is 23.2. The summed E-state index contributed by atoms with van der Waals surface area (Å²) in [5.74, 6) is 0.659. The number of rotatable bonds is 8. The number of hydrogen-bond donors (Lipinski definition) is 0. The Kier molecular flexibility index (Phi) is 11.7. The van der Waals surface area contributed by atoms with Gasteiger partial charge in [-0.25, -0.2) is 9.97 Å². The second kappa shape index (κ2) is 20.5. The zero-order valence-corrected chi connectivity index (χ0v) is 48.5. The number of fused-ring (bicyclic) bond motifs is 11. The van der Waals surface area contributed by atoms with Crippen molar-refractivity contribution in [1.82, 2.24) is 9.97 Å². The van der Waals surface area contributed by atoms with Crippen molar-refractivity contribution < 1.29 is 0 Å². The van der Waals surface area contributed by atoms with Crippen molar-refractivity contribution in [3.8, 4) is 67.2 Å². The summed E-state index contributed by atoms with van der Waals surface area (Å²) in [7, 11) is 0. The highest BCUT2D eigenvalue weighted by molar-refractivity contribution is 7.00. The van der Waals surface area contributed by atoms with Gasteiger partial charge in [-0.1, -0.05) is 249 Å². The maximum Gasteiger partial charge on any atom is 0.252 e. The Hall–Kier alpha value is -11.7. The molecule has 0 aliphatic carbocycles. The molecule has 1 aromatic heterocycles. The summed E-state index contributed by atoms with van der Waals surface area (Å²) >= 11 is 0. The largest absolute Gasteiger partial charge is 0.311 e. The first-order chi connectivity index (χ1) is 44.1. The smallest absolute Gasteiger partial charge is 0.252 e. The third-order valence-electron chi connectivity index (χ3n) is 18.5. The fraction of sp³-hybridized carbons (Fsp3) is 0. The van der Waals surface area contributed by atoms with Crippen LogP contribution in [0.25, 0.3) is 121 Å². The quantitative estimate of drug-likeness (QED) is 0.112. The van der Waals surface area contributed by atoms with E-state index < -0.39 is 0 Å².